The van der Waals surface area contributed by atoms with Crippen LogP contribution < -0.4 is 10.2 Å². The number of para-hydroxylation sites is 2. The molecule has 0 unspecified atom stereocenters. The predicted octanol–water partition coefficient (Wildman–Crippen LogP) is 2.82. The Morgan fingerprint density at radius 1 is 1.06 bits per heavy atom. The van der Waals surface area contributed by atoms with Gasteiger partial charge in [0.05, 0.1) is 11.4 Å². The third-order valence-electron chi connectivity index (χ3n) is 3.25. The molecule has 3 heteroatoms. The van der Waals surface area contributed by atoms with Gasteiger partial charge in [-0.25, -0.2) is 0 Å². The lowest BCUT2D eigenvalue weighted by Crippen LogP contribution is -2.33. The fourth-order valence-corrected chi connectivity index (χ4v) is 2.33. The van der Waals surface area contributed by atoms with E-state index in [1.807, 2.05) is 12.1 Å². The molecule has 0 amide bonds. The monoisotopic (exact) mass is 240 g/mol. The quantitative estimate of drug-likeness (QED) is 0.847. The normalized spacial score (nSPS) is 13.9. The number of phenolic OH excluding ortho intramolecular Hbond substituents is 1. The number of hydrogen-bond acceptors (Lipinski definition) is 3. The molecular formula is C15H16N2O. The minimum Gasteiger partial charge on any atom is -0.508 e. The van der Waals surface area contributed by atoms with Gasteiger partial charge >= 0.3 is 0 Å². The van der Waals surface area contributed by atoms with E-state index in [1.165, 1.54) is 16.9 Å². The zero-order chi connectivity index (χ0) is 12.4. The van der Waals surface area contributed by atoms with Gasteiger partial charge in [-0.3, -0.25) is 0 Å². The number of hydrogen-bond donors (Lipinski definition) is 2. The molecule has 18 heavy (non-hydrogen) atoms. The fraction of sp³-hybridized carbons (Fsp3) is 0.200. The third kappa shape index (κ3) is 2.12. The van der Waals surface area contributed by atoms with E-state index in [0.717, 1.165) is 19.6 Å². The average Bonchev–Trinajstić information content (AvgIpc) is 2.42. The van der Waals surface area contributed by atoms with Crippen LogP contribution in [0.3, 0.4) is 0 Å². The van der Waals surface area contributed by atoms with Gasteiger partial charge in [0.1, 0.15) is 5.75 Å². The van der Waals surface area contributed by atoms with Gasteiger partial charge in [-0.1, -0.05) is 24.3 Å². The summed E-state index contributed by atoms with van der Waals surface area (Å²) < 4.78 is 0. The first-order valence-corrected chi connectivity index (χ1v) is 6.19. The first kappa shape index (κ1) is 11.0. The lowest BCUT2D eigenvalue weighted by Gasteiger charge is -2.32. The number of fused-ring (bicyclic) bond motifs is 1. The molecular weight excluding hydrogens is 224 g/mol. The Morgan fingerprint density at radius 2 is 1.83 bits per heavy atom. The van der Waals surface area contributed by atoms with Crippen LogP contribution in [0.25, 0.3) is 0 Å². The zero-order valence-corrected chi connectivity index (χ0v) is 10.1. The molecule has 3 nitrogen and oxygen atoms in total. The van der Waals surface area contributed by atoms with Crippen LogP contribution in [0.2, 0.25) is 0 Å². The molecule has 0 saturated carbocycles. The molecule has 0 spiro atoms. The molecule has 0 aliphatic carbocycles. The Balaban J connectivity index is 1.84. The van der Waals surface area contributed by atoms with E-state index in [9.17, 15) is 5.11 Å². The second kappa shape index (κ2) is 4.61. The Morgan fingerprint density at radius 3 is 2.67 bits per heavy atom. The SMILES string of the molecule is Oc1ccc(CN2CCNc3ccccc32)cc1. The maximum Gasteiger partial charge on any atom is 0.115 e. The topological polar surface area (TPSA) is 35.5 Å². The highest BCUT2D eigenvalue weighted by Gasteiger charge is 2.15. The van der Waals surface area contributed by atoms with Crippen molar-refractivity contribution in [1.82, 2.24) is 0 Å². The van der Waals surface area contributed by atoms with Gasteiger partial charge in [-0.15, -0.1) is 0 Å². The number of anilines is 2. The highest BCUT2D eigenvalue weighted by Crippen LogP contribution is 2.29. The van der Waals surface area contributed by atoms with E-state index in [0.29, 0.717) is 5.75 Å². The molecule has 0 bridgehead atoms. The van der Waals surface area contributed by atoms with Crippen LogP contribution in [-0.4, -0.2) is 18.2 Å². The van der Waals surface area contributed by atoms with Crippen molar-refractivity contribution < 1.29 is 5.11 Å². The van der Waals surface area contributed by atoms with Crippen molar-refractivity contribution >= 4 is 11.4 Å². The molecule has 1 heterocycles. The number of nitrogens with one attached hydrogen (secondary N) is 1. The average molecular weight is 240 g/mol. The maximum atomic E-state index is 9.30. The van der Waals surface area contributed by atoms with Crippen molar-refractivity contribution in [2.45, 2.75) is 6.54 Å². The Kier molecular flexibility index (Phi) is 2.81. The van der Waals surface area contributed by atoms with Gasteiger partial charge in [0.15, 0.2) is 0 Å². The summed E-state index contributed by atoms with van der Waals surface area (Å²) in [7, 11) is 0. The van der Waals surface area contributed by atoms with E-state index in [-0.39, 0.29) is 0 Å². The summed E-state index contributed by atoms with van der Waals surface area (Å²) in [6.45, 7) is 2.84. The van der Waals surface area contributed by atoms with Crippen LogP contribution in [0.5, 0.6) is 5.75 Å². The standard InChI is InChI=1S/C15H16N2O/c18-13-7-5-12(6-8-13)11-17-10-9-16-14-3-1-2-4-15(14)17/h1-8,16,18H,9-11H2. The molecule has 1 aliphatic heterocycles. The Hall–Kier alpha value is -2.16. The molecule has 2 aromatic rings. The van der Waals surface area contributed by atoms with Crippen LogP contribution in [0.1, 0.15) is 5.56 Å². The first-order valence-electron chi connectivity index (χ1n) is 6.19. The number of rotatable bonds is 2. The molecule has 0 saturated heterocycles. The van der Waals surface area contributed by atoms with E-state index >= 15 is 0 Å². The minimum absolute atomic E-state index is 0.319. The lowest BCUT2D eigenvalue weighted by atomic mass is 10.1. The number of aromatic hydroxyl groups is 1. The molecule has 1 aliphatic rings. The van der Waals surface area contributed by atoms with Gasteiger partial charge in [0.2, 0.25) is 0 Å². The van der Waals surface area contributed by atoms with Crippen LogP contribution in [0, 0.1) is 0 Å². The number of nitrogens with zero attached hydrogens (tertiary/aromatic N) is 1. The van der Waals surface area contributed by atoms with Crippen LogP contribution >= 0.6 is 0 Å². The van der Waals surface area contributed by atoms with Gasteiger partial charge in [-0.2, -0.15) is 0 Å². The van der Waals surface area contributed by atoms with Gasteiger partial charge < -0.3 is 15.3 Å². The van der Waals surface area contributed by atoms with Crippen LogP contribution in [0.4, 0.5) is 11.4 Å². The summed E-state index contributed by atoms with van der Waals surface area (Å²) in [6, 6.07) is 15.8. The minimum atomic E-state index is 0.319. The maximum absolute atomic E-state index is 9.30. The summed E-state index contributed by atoms with van der Waals surface area (Å²) in [5.74, 6) is 0.319. The molecule has 2 aromatic carbocycles. The molecule has 0 atom stereocenters. The first-order chi connectivity index (χ1) is 8.83. The van der Waals surface area contributed by atoms with Crippen LogP contribution in [0.15, 0.2) is 48.5 Å². The second-order valence-corrected chi connectivity index (χ2v) is 4.53. The summed E-state index contributed by atoms with van der Waals surface area (Å²) in [4.78, 5) is 2.36. The number of phenols is 1. The van der Waals surface area contributed by atoms with Crippen molar-refractivity contribution in [2.75, 3.05) is 23.3 Å². The van der Waals surface area contributed by atoms with Gasteiger partial charge in [0.25, 0.3) is 0 Å². The smallest absolute Gasteiger partial charge is 0.115 e. The van der Waals surface area contributed by atoms with Crippen LogP contribution in [-0.2, 0) is 6.54 Å². The number of benzene rings is 2. The van der Waals surface area contributed by atoms with Crippen molar-refractivity contribution in [2.24, 2.45) is 0 Å². The van der Waals surface area contributed by atoms with Gasteiger partial charge in [-0.05, 0) is 29.8 Å². The van der Waals surface area contributed by atoms with Crippen molar-refractivity contribution in [3.63, 3.8) is 0 Å². The third-order valence-corrected chi connectivity index (χ3v) is 3.25. The molecule has 0 aromatic heterocycles. The lowest BCUT2D eigenvalue weighted by molar-refractivity contribution is 0.475. The molecule has 0 fully saturated rings. The fourth-order valence-electron chi connectivity index (χ4n) is 2.33. The van der Waals surface area contributed by atoms with E-state index < -0.39 is 0 Å². The molecule has 3 rings (SSSR count). The largest absolute Gasteiger partial charge is 0.508 e. The summed E-state index contributed by atoms with van der Waals surface area (Å²) in [5.41, 5.74) is 3.66. The van der Waals surface area contributed by atoms with Gasteiger partial charge in [0, 0.05) is 19.6 Å². The van der Waals surface area contributed by atoms with Crippen molar-refractivity contribution in [1.29, 1.82) is 0 Å². The van der Waals surface area contributed by atoms with E-state index in [2.05, 4.69) is 34.5 Å². The highest BCUT2D eigenvalue weighted by atomic mass is 16.3. The summed E-state index contributed by atoms with van der Waals surface area (Å²) in [5, 5.41) is 12.7. The molecule has 2 N–H and O–H groups in total. The van der Waals surface area contributed by atoms with E-state index in [4.69, 9.17) is 0 Å². The van der Waals surface area contributed by atoms with E-state index in [1.54, 1.807) is 12.1 Å². The molecule has 0 radical (unpaired) electrons. The second-order valence-electron chi connectivity index (χ2n) is 4.53. The van der Waals surface area contributed by atoms with Crippen molar-refractivity contribution in [3.8, 4) is 5.75 Å². The Bertz CT molecular complexity index is 536. The highest BCUT2D eigenvalue weighted by molar-refractivity contribution is 5.71. The predicted molar refractivity (Wildman–Crippen MR) is 74.1 cm³/mol. The summed E-state index contributed by atoms with van der Waals surface area (Å²) in [6.07, 6.45) is 0. The summed E-state index contributed by atoms with van der Waals surface area (Å²) >= 11 is 0. The van der Waals surface area contributed by atoms with Crippen molar-refractivity contribution in [3.05, 3.63) is 54.1 Å². The zero-order valence-electron chi connectivity index (χ0n) is 10.1. The Labute approximate surface area is 107 Å². The molecule has 92 valence electrons.